The van der Waals surface area contributed by atoms with Crippen molar-refractivity contribution in [1.82, 2.24) is 0 Å². The number of rotatable bonds is 4. The number of para-hydroxylation sites is 2. The second-order valence-corrected chi connectivity index (χ2v) is 16.8. The van der Waals surface area contributed by atoms with Crippen LogP contribution in [-0.2, 0) is 0 Å². The molecule has 0 radical (unpaired) electrons. The second-order valence-electron chi connectivity index (χ2n) is 12.0. The van der Waals surface area contributed by atoms with Crippen LogP contribution in [0.25, 0.3) is 16.8 Å². The Balaban J connectivity index is 1.20. The van der Waals surface area contributed by atoms with E-state index < -0.39 is 8.07 Å². The molecular formula is C42H27NO2SSi. The van der Waals surface area contributed by atoms with Crippen LogP contribution in [-0.4, -0.2) is 19.6 Å². The minimum absolute atomic E-state index is 0.208. The zero-order chi connectivity index (χ0) is 31.5. The third kappa shape index (κ3) is 4.10. The van der Waals surface area contributed by atoms with E-state index in [0.717, 1.165) is 32.0 Å². The quantitative estimate of drug-likeness (QED) is 0.114. The highest BCUT2D eigenvalue weighted by Gasteiger charge is 2.48. The molecule has 2 aliphatic rings. The molecule has 1 aliphatic heterocycles. The van der Waals surface area contributed by atoms with Crippen LogP contribution in [0.4, 0.5) is 16.4 Å². The Morgan fingerprint density at radius 2 is 0.979 bits per heavy atom. The van der Waals surface area contributed by atoms with Crippen LogP contribution >= 0.6 is 11.3 Å². The van der Waals surface area contributed by atoms with E-state index in [-0.39, 0.29) is 17.1 Å². The minimum Gasteiger partial charge on any atom is -0.302 e. The summed E-state index contributed by atoms with van der Waals surface area (Å²) in [5.41, 5.74) is 3.50. The van der Waals surface area contributed by atoms with Crippen molar-refractivity contribution in [3.63, 3.8) is 0 Å². The monoisotopic (exact) mass is 637 g/mol. The Morgan fingerprint density at radius 3 is 1.51 bits per heavy atom. The van der Waals surface area contributed by atoms with Crippen LogP contribution in [0.15, 0.2) is 163 Å². The second kappa shape index (κ2) is 10.7. The van der Waals surface area contributed by atoms with Crippen molar-refractivity contribution >= 4 is 84.9 Å². The molecule has 1 aliphatic carbocycles. The van der Waals surface area contributed by atoms with Gasteiger partial charge in [-0.3, -0.25) is 9.59 Å². The maximum absolute atomic E-state index is 13.5. The van der Waals surface area contributed by atoms with Crippen LogP contribution in [0, 0.1) is 0 Å². The van der Waals surface area contributed by atoms with Gasteiger partial charge in [-0.05, 0) is 74.0 Å². The molecule has 0 fully saturated rings. The summed E-state index contributed by atoms with van der Waals surface area (Å²) in [7, 11) is -2.69. The van der Waals surface area contributed by atoms with Gasteiger partial charge in [-0.2, -0.15) is 0 Å². The van der Waals surface area contributed by atoms with E-state index in [1.54, 1.807) is 17.4 Å². The van der Waals surface area contributed by atoms with Crippen LogP contribution in [0.5, 0.6) is 0 Å². The lowest BCUT2D eigenvalue weighted by molar-refractivity contribution is 0.0990. The summed E-state index contributed by atoms with van der Waals surface area (Å²) in [4.78, 5) is 30.3. The predicted molar refractivity (Wildman–Crippen MR) is 197 cm³/mol. The molecule has 9 rings (SSSR count). The number of thiophene rings is 1. The largest absolute Gasteiger partial charge is 0.302 e. The summed E-state index contributed by atoms with van der Waals surface area (Å²) < 4.78 is 0. The summed E-state index contributed by atoms with van der Waals surface area (Å²) in [5.74, 6) is -0.415. The first-order valence-corrected chi connectivity index (χ1v) is 18.5. The molecule has 47 heavy (non-hydrogen) atoms. The Labute approximate surface area is 277 Å². The Morgan fingerprint density at radius 1 is 0.511 bits per heavy atom. The summed E-state index contributed by atoms with van der Waals surface area (Å²) in [5, 5.41) is 8.28. The summed E-state index contributed by atoms with van der Waals surface area (Å²) in [6.45, 7) is 0. The first-order valence-electron chi connectivity index (χ1n) is 15.7. The highest BCUT2D eigenvalue weighted by molar-refractivity contribution is 7.22. The molecule has 0 amide bonds. The normalized spacial score (nSPS) is 14.6. The fraction of sp³-hybridized carbons (Fsp3) is 0. The lowest BCUT2D eigenvalue weighted by Crippen LogP contribution is -2.77. The number of ketones is 2. The van der Waals surface area contributed by atoms with Gasteiger partial charge in [-0.25, -0.2) is 0 Å². The van der Waals surface area contributed by atoms with Crippen LogP contribution in [0.1, 0.15) is 25.6 Å². The van der Waals surface area contributed by atoms with Gasteiger partial charge >= 0.3 is 0 Å². The van der Waals surface area contributed by atoms with Crippen molar-refractivity contribution in [2.45, 2.75) is 0 Å². The lowest BCUT2D eigenvalue weighted by atomic mass is 10.0. The maximum Gasteiger partial charge on any atom is 0.197 e. The number of hydrogen-bond donors (Lipinski definition) is 0. The standard InChI is InChI=1S/C42H27NO2SSi/c44-41-33-25-28-13-7-8-14-29(28)26-34(33)42(45)35(41)27-30-23-24-40(46-30)43-36-19-9-11-21-38(36)47(31-15-3-1-4-16-31,32-17-5-2-6-18-32)39-22-12-10-20-37(39)43/h1-27H. The Hall–Kier alpha value is -5.62. The molecule has 0 atom stereocenters. The Bertz CT molecular complexity index is 2270. The molecule has 222 valence electrons. The SMILES string of the molecule is O=C1C(=Cc2ccc(N3c4ccccc4[Si](c4ccccc4)(c4ccccc4)c4ccccc43)s2)C(=O)c2cc3ccccc3cc21. The number of carbonyl (C=O) groups is 2. The third-order valence-corrected chi connectivity index (χ3v) is 15.4. The van der Waals surface area contributed by atoms with Gasteiger partial charge in [0.05, 0.1) is 5.57 Å². The van der Waals surface area contributed by atoms with Gasteiger partial charge in [0.2, 0.25) is 0 Å². The van der Waals surface area contributed by atoms with Crippen molar-refractivity contribution in [2.24, 2.45) is 0 Å². The number of benzene rings is 6. The molecule has 2 heterocycles. The molecule has 0 spiro atoms. The average Bonchev–Trinajstić information content (AvgIpc) is 3.68. The van der Waals surface area contributed by atoms with Crippen molar-refractivity contribution in [3.05, 3.63) is 179 Å². The molecule has 0 unspecified atom stereocenters. The van der Waals surface area contributed by atoms with E-state index >= 15 is 0 Å². The van der Waals surface area contributed by atoms with Gasteiger partial charge in [-0.15, -0.1) is 11.3 Å². The molecule has 3 nitrogen and oxygen atoms in total. The van der Waals surface area contributed by atoms with Crippen molar-refractivity contribution in [2.75, 3.05) is 4.90 Å². The van der Waals surface area contributed by atoms with Gasteiger partial charge in [0.15, 0.2) is 19.6 Å². The average molecular weight is 638 g/mol. The number of fused-ring (bicyclic) bond motifs is 4. The van der Waals surface area contributed by atoms with Crippen molar-refractivity contribution in [1.29, 1.82) is 0 Å². The molecular weight excluding hydrogens is 611 g/mol. The molecule has 0 saturated carbocycles. The summed E-state index contributed by atoms with van der Waals surface area (Å²) in [6, 6.07) is 55.2. The minimum atomic E-state index is -2.69. The van der Waals surface area contributed by atoms with Crippen LogP contribution < -0.4 is 25.6 Å². The summed E-state index contributed by atoms with van der Waals surface area (Å²) in [6.07, 6.45) is 1.78. The van der Waals surface area contributed by atoms with Crippen molar-refractivity contribution in [3.8, 4) is 0 Å². The van der Waals surface area contributed by atoms with Gasteiger partial charge in [0.25, 0.3) is 0 Å². The van der Waals surface area contributed by atoms with Gasteiger partial charge < -0.3 is 4.90 Å². The van der Waals surface area contributed by atoms with Gasteiger partial charge in [0, 0.05) is 27.4 Å². The first kappa shape index (κ1) is 27.7. The van der Waals surface area contributed by atoms with Crippen molar-refractivity contribution < 1.29 is 9.59 Å². The topological polar surface area (TPSA) is 37.4 Å². The van der Waals surface area contributed by atoms with E-state index in [1.807, 2.05) is 42.5 Å². The highest BCUT2D eigenvalue weighted by Crippen LogP contribution is 2.42. The number of hydrogen-bond acceptors (Lipinski definition) is 4. The summed E-state index contributed by atoms with van der Waals surface area (Å²) >= 11 is 1.59. The highest BCUT2D eigenvalue weighted by atomic mass is 32.1. The number of allylic oxidation sites excluding steroid dienone is 1. The molecule has 0 N–H and O–H groups in total. The third-order valence-electron chi connectivity index (χ3n) is 9.50. The lowest BCUT2D eigenvalue weighted by Gasteiger charge is -2.44. The maximum atomic E-state index is 13.5. The van der Waals surface area contributed by atoms with Gasteiger partial charge in [-0.1, -0.05) is 121 Å². The van der Waals surface area contributed by atoms with Crippen LogP contribution in [0.3, 0.4) is 0 Å². The fourth-order valence-electron chi connectivity index (χ4n) is 7.47. The molecule has 5 heteroatoms. The number of Topliss-reactive ketones (excluding diaryl/α,β-unsaturated/α-hetero) is 2. The number of anilines is 3. The molecule has 0 saturated heterocycles. The van der Waals surface area contributed by atoms with E-state index in [2.05, 4.69) is 120 Å². The molecule has 7 aromatic rings. The first-order chi connectivity index (χ1) is 23.1. The fourth-order valence-corrected chi connectivity index (χ4v) is 13.6. The predicted octanol–water partition coefficient (Wildman–Crippen LogP) is 7.52. The number of nitrogens with zero attached hydrogens (tertiary/aromatic N) is 1. The zero-order valence-electron chi connectivity index (χ0n) is 25.3. The zero-order valence-corrected chi connectivity index (χ0v) is 27.1. The van der Waals surface area contributed by atoms with E-state index in [1.165, 1.54) is 20.7 Å². The smallest absolute Gasteiger partial charge is 0.197 e. The van der Waals surface area contributed by atoms with E-state index in [0.29, 0.717) is 11.1 Å². The van der Waals surface area contributed by atoms with Gasteiger partial charge in [0.1, 0.15) is 5.00 Å². The van der Waals surface area contributed by atoms with Crippen LogP contribution in [0.2, 0.25) is 0 Å². The van der Waals surface area contributed by atoms with E-state index in [9.17, 15) is 9.59 Å². The molecule has 0 bridgehead atoms. The molecule has 6 aromatic carbocycles. The van der Waals surface area contributed by atoms with E-state index in [4.69, 9.17) is 0 Å². The molecule has 1 aromatic heterocycles. The Kier molecular flexibility index (Phi) is 6.32. The number of carbonyl (C=O) groups excluding carboxylic acids is 2.